The van der Waals surface area contributed by atoms with E-state index >= 15 is 0 Å². The van der Waals surface area contributed by atoms with E-state index < -0.39 is 12.6 Å². The summed E-state index contributed by atoms with van der Waals surface area (Å²) >= 11 is 0. The first kappa shape index (κ1) is 7.97. The lowest BCUT2D eigenvalue weighted by atomic mass is 10.5. The van der Waals surface area contributed by atoms with Crippen molar-refractivity contribution < 1.29 is 17.6 Å². The summed E-state index contributed by atoms with van der Waals surface area (Å²) in [6.45, 7) is -0.185. The maximum absolute atomic E-state index is 11.2. The van der Waals surface area contributed by atoms with Crippen LogP contribution in [0.4, 0.5) is 13.2 Å². The van der Waals surface area contributed by atoms with E-state index in [2.05, 4.69) is 4.43 Å². The monoisotopic (exact) mass is 144 g/mol. The molecule has 0 aromatic carbocycles. The molecule has 0 aromatic heterocycles. The fraction of sp³-hybridized carbons (Fsp3) is 1.00. The summed E-state index contributed by atoms with van der Waals surface area (Å²) in [5.74, 6) is 0. The lowest BCUT2D eigenvalue weighted by Crippen LogP contribution is -2.10. The maximum Gasteiger partial charge on any atom is 0.391 e. The van der Waals surface area contributed by atoms with Gasteiger partial charge in [0, 0.05) is 6.61 Å². The van der Waals surface area contributed by atoms with Crippen molar-refractivity contribution >= 4 is 10.5 Å². The molecular formula is C3H7F3OSi. The highest BCUT2D eigenvalue weighted by molar-refractivity contribution is 5.97. The molecule has 0 saturated heterocycles. The van der Waals surface area contributed by atoms with Gasteiger partial charge in [-0.2, -0.15) is 13.2 Å². The van der Waals surface area contributed by atoms with Crippen molar-refractivity contribution in [1.82, 2.24) is 0 Å². The summed E-state index contributed by atoms with van der Waals surface area (Å²) in [6.07, 6.45) is -4.87. The van der Waals surface area contributed by atoms with Crippen molar-refractivity contribution in [2.24, 2.45) is 0 Å². The molecular weight excluding hydrogens is 137 g/mol. The van der Waals surface area contributed by atoms with Gasteiger partial charge in [-0.15, -0.1) is 0 Å². The molecule has 0 atom stereocenters. The Morgan fingerprint density at radius 2 is 1.88 bits per heavy atom. The Morgan fingerprint density at radius 3 is 2.00 bits per heavy atom. The summed E-state index contributed by atoms with van der Waals surface area (Å²) < 4.78 is 37.9. The third-order valence-electron chi connectivity index (χ3n) is 0.590. The van der Waals surface area contributed by atoms with E-state index in [1.807, 2.05) is 0 Å². The second-order valence-corrected chi connectivity index (χ2v) is 1.94. The lowest BCUT2D eigenvalue weighted by Gasteiger charge is -2.02. The second kappa shape index (κ2) is 3.08. The van der Waals surface area contributed by atoms with Crippen LogP contribution in [0.2, 0.25) is 0 Å². The summed E-state index contributed by atoms with van der Waals surface area (Å²) in [4.78, 5) is 0. The average molecular weight is 144 g/mol. The van der Waals surface area contributed by atoms with Gasteiger partial charge in [0.2, 0.25) is 0 Å². The molecule has 0 radical (unpaired) electrons. The van der Waals surface area contributed by atoms with Gasteiger partial charge in [-0.25, -0.2) is 0 Å². The molecule has 0 spiro atoms. The number of rotatable bonds is 2. The second-order valence-electron chi connectivity index (χ2n) is 1.36. The molecule has 0 heterocycles. The molecule has 0 unspecified atom stereocenters. The van der Waals surface area contributed by atoms with Gasteiger partial charge in [0.25, 0.3) is 0 Å². The Labute approximate surface area is 48.4 Å². The van der Waals surface area contributed by atoms with Gasteiger partial charge in [0.05, 0.1) is 6.42 Å². The van der Waals surface area contributed by atoms with E-state index in [9.17, 15) is 13.2 Å². The fourth-order valence-corrected chi connectivity index (χ4v) is 0.422. The SMILES string of the molecule is FC(F)(F)CCO[SiH3]. The van der Waals surface area contributed by atoms with Gasteiger partial charge >= 0.3 is 6.18 Å². The van der Waals surface area contributed by atoms with Crippen LogP contribution in [-0.4, -0.2) is 23.3 Å². The predicted molar refractivity (Wildman–Crippen MR) is 26.6 cm³/mol. The quantitative estimate of drug-likeness (QED) is 0.504. The minimum absolute atomic E-state index is 0.185. The molecule has 0 fully saturated rings. The third-order valence-corrected chi connectivity index (χ3v) is 0.998. The molecule has 0 aliphatic rings. The highest BCUT2D eigenvalue weighted by Crippen LogP contribution is 2.18. The van der Waals surface area contributed by atoms with Crippen molar-refractivity contribution in [1.29, 1.82) is 0 Å². The molecule has 0 aliphatic carbocycles. The molecule has 0 aliphatic heterocycles. The third kappa shape index (κ3) is 5.97. The molecule has 0 bridgehead atoms. The lowest BCUT2D eigenvalue weighted by molar-refractivity contribution is -0.139. The average Bonchev–Trinajstić information content (AvgIpc) is 1.59. The van der Waals surface area contributed by atoms with E-state index in [1.54, 1.807) is 0 Å². The van der Waals surface area contributed by atoms with E-state index in [0.29, 0.717) is 10.5 Å². The minimum atomic E-state index is -4.05. The Morgan fingerprint density at radius 1 is 1.38 bits per heavy atom. The Kier molecular flexibility index (Phi) is 3.07. The Bertz CT molecular complexity index is 62.0. The maximum atomic E-state index is 11.2. The van der Waals surface area contributed by atoms with E-state index in [-0.39, 0.29) is 6.61 Å². The van der Waals surface area contributed by atoms with Gasteiger partial charge in [-0.3, -0.25) is 0 Å². The van der Waals surface area contributed by atoms with Gasteiger partial charge in [-0.05, 0) is 0 Å². The van der Waals surface area contributed by atoms with Crippen LogP contribution in [0.1, 0.15) is 6.42 Å². The van der Waals surface area contributed by atoms with Crippen molar-refractivity contribution in [3.63, 3.8) is 0 Å². The number of alkyl halides is 3. The zero-order valence-electron chi connectivity index (χ0n) is 4.46. The van der Waals surface area contributed by atoms with Crippen molar-refractivity contribution in [2.45, 2.75) is 12.6 Å². The van der Waals surface area contributed by atoms with Crippen molar-refractivity contribution in [3.8, 4) is 0 Å². The minimum Gasteiger partial charge on any atom is -0.428 e. The molecule has 50 valence electrons. The van der Waals surface area contributed by atoms with Gasteiger partial charge in [0.1, 0.15) is 10.5 Å². The topological polar surface area (TPSA) is 9.23 Å². The van der Waals surface area contributed by atoms with Crippen LogP contribution in [0.3, 0.4) is 0 Å². The zero-order valence-corrected chi connectivity index (χ0v) is 6.46. The molecule has 0 rings (SSSR count). The molecule has 0 amide bonds. The Balaban J connectivity index is 3.11. The number of halogens is 3. The first-order valence-electron chi connectivity index (χ1n) is 2.12. The zero-order chi connectivity index (χ0) is 6.62. The molecule has 0 N–H and O–H groups in total. The van der Waals surface area contributed by atoms with Crippen LogP contribution in [-0.2, 0) is 4.43 Å². The largest absolute Gasteiger partial charge is 0.428 e. The van der Waals surface area contributed by atoms with Crippen molar-refractivity contribution in [2.75, 3.05) is 6.61 Å². The van der Waals surface area contributed by atoms with E-state index in [0.717, 1.165) is 0 Å². The summed E-state index contributed by atoms with van der Waals surface area (Å²) in [7, 11) is 0.382. The number of hydrogen-bond acceptors (Lipinski definition) is 1. The van der Waals surface area contributed by atoms with Crippen LogP contribution in [0.5, 0.6) is 0 Å². The number of hydrogen-bond donors (Lipinski definition) is 0. The Hall–Kier alpha value is -0.0331. The van der Waals surface area contributed by atoms with Crippen LogP contribution >= 0.6 is 0 Å². The molecule has 5 heteroatoms. The normalized spacial score (nSPS) is 12.4. The molecule has 8 heavy (non-hydrogen) atoms. The smallest absolute Gasteiger partial charge is 0.391 e. The van der Waals surface area contributed by atoms with E-state index in [1.165, 1.54) is 0 Å². The van der Waals surface area contributed by atoms with Gasteiger partial charge in [0.15, 0.2) is 0 Å². The summed E-state index contributed by atoms with van der Waals surface area (Å²) in [5.41, 5.74) is 0. The predicted octanol–water partition coefficient (Wildman–Crippen LogP) is 0.236. The highest BCUT2D eigenvalue weighted by atomic mass is 28.2. The van der Waals surface area contributed by atoms with Crippen LogP contribution in [0, 0.1) is 0 Å². The first-order chi connectivity index (χ1) is 3.56. The summed E-state index contributed by atoms with van der Waals surface area (Å²) in [5, 5.41) is 0. The standard InChI is InChI=1S/C3H7F3OSi/c4-3(5,6)1-2-7-8/h1-2H2,8H3. The van der Waals surface area contributed by atoms with Gasteiger partial charge < -0.3 is 4.43 Å². The molecule has 0 aromatic rings. The van der Waals surface area contributed by atoms with Crippen LogP contribution < -0.4 is 0 Å². The van der Waals surface area contributed by atoms with Crippen LogP contribution in [0.25, 0.3) is 0 Å². The van der Waals surface area contributed by atoms with E-state index in [4.69, 9.17) is 0 Å². The fourth-order valence-electron chi connectivity index (χ4n) is 0.218. The highest BCUT2D eigenvalue weighted by Gasteiger charge is 2.25. The van der Waals surface area contributed by atoms with Crippen molar-refractivity contribution in [3.05, 3.63) is 0 Å². The first-order valence-corrected chi connectivity index (χ1v) is 2.93. The molecule has 0 saturated carbocycles. The van der Waals surface area contributed by atoms with Gasteiger partial charge in [-0.1, -0.05) is 0 Å². The van der Waals surface area contributed by atoms with Crippen LogP contribution in [0.15, 0.2) is 0 Å². The summed E-state index contributed by atoms with van der Waals surface area (Å²) in [6, 6.07) is 0. The molecule has 1 nitrogen and oxygen atoms in total.